The van der Waals surface area contributed by atoms with E-state index in [-0.39, 0.29) is 35.6 Å². The number of hydrogen-bond donors (Lipinski definition) is 2. The van der Waals surface area contributed by atoms with Gasteiger partial charge in [0, 0.05) is 0 Å². The van der Waals surface area contributed by atoms with E-state index in [9.17, 15) is 23.2 Å². The van der Waals surface area contributed by atoms with E-state index in [1.54, 1.807) is 0 Å². The fourth-order valence-corrected chi connectivity index (χ4v) is 10.0. The lowest BCUT2D eigenvalue weighted by Gasteiger charge is -2.64. The second-order valence-corrected chi connectivity index (χ2v) is 13.5. The van der Waals surface area contributed by atoms with Crippen molar-refractivity contribution in [3.63, 3.8) is 0 Å². The van der Waals surface area contributed by atoms with Gasteiger partial charge in [-0.1, -0.05) is 34.1 Å². The highest BCUT2D eigenvalue weighted by Gasteiger charge is 2.64. The summed E-state index contributed by atoms with van der Waals surface area (Å²) in [4.78, 5) is 0. The van der Waals surface area contributed by atoms with Gasteiger partial charge in [0.1, 0.15) is 0 Å². The second-order valence-electron chi connectivity index (χ2n) is 12.5. The monoisotopic (exact) mass is 485 g/mol. The molecule has 6 nitrogen and oxygen atoms in total. The van der Waals surface area contributed by atoms with Gasteiger partial charge in [0.2, 0.25) is 10.4 Å². The molecule has 0 spiro atoms. The summed E-state index contributed by atoms with van der Waals surface area (Å²) in [6.07, 6.45) is 9.40. The molecule has 4 saturated carbocycles. The summed E-state index contributed by atoms with van der Waals surface area (Å²) in [7, 11) is -4.61. The summed E-state index contributed by atoms with van der Waals surface area (Å²) in [5.41, 5.74) is 0.415. The first-order chi connectivity index (χ1) is 15.4. The topological polar surface area (TPSA) is 107 Å². The van der Waals surface area contributed by atoms with E-state index in [0.29, 0.717) is 41.9 Å². The summed E-state index contributed by atoms with van der Waals surface area (Å²) in [6, 6.07) is 0. The molecule has 0 unspecified atom stereocenters. The Morgan fingerprint density at radius 3 is 2.36 bits per heavy atom. The normalized spacial score (nSPS) is 48.6. The maximum Gasteiger partial charge on any atom is 0.217 e. The van der Waals surface area contributed by atoms with Crippen LogP contribution in [0, 0.1) is 52.3 Å². The maximum atomic E-state index is 11.8. The van der Waals surface area contributed by atoms with Crippen molar-refractivity contribution in [1.82, 2.24) is 0 Å². The molecule has 4 rings (SSSR count). The molecule has 33 heavy (non-hydrogen) atoms. The zero-order valence-electron chi connectivity index (χ0n) is 20.9. The lowest BCUT2D eigenvalue weighted by Crippen LogP contribution is -2.62. The first-order valence-electron chi connectivity index (χ1n) is 13.4. The number of hydrogen-bond acceptors (Lipinski definition) is 6. The Labute approximate surface area is 200 Å². The van der Waals surface area contributed by atoms with Crippen molar-refractivity contribution in [1.29, 1.82) is 0 Å². The van der Waals surface area contributed by atoms with Crippen molar-refractivity contribution in [2.24, 2.45) is 52.3 Å². The molecule has 4 fully saturated rings. The zero-order chi connectivity index (χ0) is 24.2. The van der Waals surface area contributed by atoms with Crippen LogP contribution in [0.3, 0.4) is 0 Å². The largest absolute Gasteiger partial charge is 0.726 e. The minimum atomic E-state index is -4.61. The van der Waals surface area contributed by atoms with E-state index in [1.807, 2.05) is 0 Å². The van der Waals surface area contributed by atoms with E-state index in [1.165, 1.54) is 6.42 Å². The van der Waals surface area contributed by atoms with Gasteiger partial charge in [-0.2, -0.15) is 0 Å². The number of aliphatic hydroxyl groups excluding tert-OH is 2. The van der Waals surface area contributed by atoms with Crippen molar-refractivity contribution in [3.05, 3.63) is 0 Å². The molecule has 0 bridgehead atoms. The molecule has 11 atom stereocenters. The first-order valence-corrected chi connectivity index (χ1v) is 14.7. The fourth-order valence-electron chi connectivity index (χ4n) is 9.70. The molecule has 4 aliphatic rings. The standard InChI is InChI=1S/C26H46O6S/c1-5-18-22-15-17(27)10-12-26(22,4)21-11-13-25(3)19(8-9-20(25)23(21)24(18)28)16(2)7-6-14-32-33(29,30)31/h16-24,27-28H,5-15H2,1-4H3,(H,29,30,31)/p-1/t16-,17-,18-,19-,20+,21+,22+,23+,24-,25-,26-/m1/s1. The third-order valence-electron chi connectivity index (χ3n) is 11.2. The molecule has 0 aromatic heterocycles. The van der Waals surface area contributed by atoms with Crippen molar-refractivity contribution >= 4 is 10.4 Å². The number of aliphatic hydroxyl groups is 2. The lowest BCUT2D eigenvalue weighted by atomic mass is 9.41. The summed E-state index contributed by atoms with van der Waals surface area (Å²) >= 11 is 0. The third-order valence-corrected chi connectivity index (χ3v) is 11.6. The van der Waals surface area contributed by atoms with Crippen LogP contribution in [0.5, 0.6) is 0 Å². The Morgan fingerprint density at radius 1 is 1.03 bits per heavy atom. The summed E-state index contributed by atoms with van der Waals surface area (Å²) in [5.74, 6) is 3.09. The molecule has 192 valence electrons. The Hall–Kier alpha value is -0.210. The van der Waals surface area contributed by atoms with Crippen molar-refractivity contribution in [2.75, 3.05) is 6.61 Å². The molecular formula is C26H45O6S-. The van der Waals surface area contributed by atoms with Crippen LogP contribution in [0.15, 0.2) is 0 Å². The third kappa shape index (κ3) is 4.54. The predicted molar refractivity (Wildman–Crippen MR) is 126 cm³/mol. The van der Waals surface area contributed by atoms with Gasteiger partial charge < -0.3 is 14.8 Å². The summed E-state index contributed by atoms with van der Waals surface area (Å²) in [5, 5.41) is 22.2. The average molecular weight is 486 g/mol. The molecule has 4 aliphatic carbocycles. The molecule has 0 radical (unpaired) electrons. The van der Waals surface area contributed by atoms with Gasteiger partial charge >= 0.3 is 0 Å². The number of fused-ring (bicyclic) bond motifs is 5. The van der Waals surface area contributed by atoms with Crippen molar-refractivity contribution < 1.29 is 27.4 Å². The molecule has 0 saturated heterocycles. The van der Waals surface area contributed by atoms with Gasteiger partial charge in [0.25, 0.3) is 0 Å². The van der Waals surface area contributed by atoms with E-state index >= 15 is 0 Å². The van der Waals surface area contributed by atoms with Crippen LogP contribution in [-0.2, 0) is 14.6 Å². The molecule has 0 aromatic rings. The number of rotatable bonds is 7. The van der Waals surface area contributed by atoms with E-state index in [2.05, 4.69) is 31.9 Å². The summed E-state index contributed by atoms with van der Waals surface area (Å²) < 4.78 is 36.6. The fraction of sp³-hybridized carbons (Fsp3) is 1.00. The Balaban J connectivity index is 1.51. The van der Waals surface area contributed by atoms with Gasteiger partial charge in [0.05, 0.1) is 18.8 Å². The molecular weight excluding hydrogens is 440 g/mol. The quantitative estimate of drug-likeness (QED) is 0.312. The van der Waals surface area contributed by atoms with Crippen LogP contribution in [-0.4, -0.2) is 42.0 Å². The Kier molecular flexibility index (Phi) is 7.33. The van der Waals surface area contributed by atoms with Crippen molar-refractivity contribution in [3.8, 4) is 0 Å². The van der Waals surface area contributed by atoms with E-state index < -0.39 is 10.4 Å². The molecule has 7 heteroatoms. The first kappa shape index (κ1) is 25.9. The highest BCUT2D eigenvalue weighted by atomic mass is 32.3. The minimum Gasteiger partial charge on any atom is -0.726 e. The van der Waals surface area contributed by atoms with Crippen LogP contribution in [0.1, 0.15) is 91.9 Å². The zero-order valence-corrected chi connectivity index (χ0v) is 21.7. The lowest BCUT2D eigenvalue weighted by molar-refractivity contribution is -0.203. The van der Waals surface area contributed by atoms with Gasteiger partial charge in [-0.15, -0.1) is 0 Å². The van der Waals surface area contributed by atoms with Crippen LogP contribution in [0.25, 0.3) is 0 Å². The van der Waals surface area contributed by atoms with E-state index in [4.69, 9.17) is 0 Å². The van der Waals surface area contributed by atoms with E-state index in [0.717, 1.165) is 51.4 Å². The van der Waals surface area contributed by atoms with Gasteiger partial charge in [-0.3, -0.25) is 4.18 Å². The average Bonchev–Trinajstić information content (AvgIpc) is 3.09. The van der Waals surface area contributed by atoms with Gasteiger partial charge in [0.15, 0.2) is 0 Å². The Bertz CT molecular complexity index is 801. The van der Waals surface area contributed by atoms with Crippen molar-refractivity contribution in [2.45, 2.75) is 104 Å². The molecule has 0 amide bonds. The maximum absolute atomic E-state index is 11.8. The molecule has 0 aliphatic heterocycles. The van der Waals surface area contributed by atoms with Crippen LogP contribution >= 0.6 is 0 Å². The molecule has 0 aromatic carbocycles. The Morgan fingerprint density at radius 2 is 1.70 bits per heavy atom. The highest BCUT2D eigenvalue weighted by molar-refractivity contribution is 7.80. The van der Waals surface area contributed by atoms with Gasteiger partial charge in [-0.05, 0) is 110 Å². The second kappa shape index (κ2) is 9.34. The minimum absolute atomic E-state index is 0.0315. The van der Waals surface area contributed by atoms with Crippen LogP contribution in [0.4, 0.5) is 0 Å². The summed E-state index contributed by atoms with van der Waals surface area (Å²) in [6.45, 7) is 9.37. The molecule has 0 heterocycles. The smallest absolute Gasteiger partial charge is 0.217 e. The predicted octanol–water partition coefficient (Wildman–Crippen LogP) is 4.51. The van der Waals surface area contributed by atoms with Crippen LogP contribution < -0.4 is 0 Å². The highest BCUT2D eigenvalue weighted by Crippen LogP contribution is 2.69. The molecule has 2 N–H and O–H groups in total. The van der Waals surface area contributed by atoms with Crippen LogP contribution in [0.2, 0.25) is 0 Å². The SMILES string of the molecule is CC[C@H]1[C@@H](O)[C@@H]2[C@H](CC[C@]3(C)[C@@H]([C@H](C)CCCOS(=O)(=O)[O-])CC[C@@H]23)[C@@]2(C)CC[C@@H](O)C[C@@H]12. The van der Waals surface area contributed by atoms with Gasteiger partial charge in [-0.25, -0.2) is 8.42 Å².